The van der Waals surface area contributed by atoms with Gasteiger partial charge in [0.1, 0.15) is 0 Å². The summed E-state index contributed by atoms with van der Waals surface area (Å²) < 4.78 is 5.34. The highest BCUT2D eigenvalue weighted by atomic mass is 16.5. The molecule has 2 unspecified atom stereocenters. The predicted molar refractivity (Wildman–Crippen MR) is 52.8 cm³/mol. The van der Waals surface area contributed by atoms with E-state index in [1.165, 1.54) is 6.42 Å². The van der Waals surface area contributed by atoms with E-state index in [0.29, 0.717) is 6.04 Å². The molecule has 0 aromatic heterocycles. The van der Waals surface area contributed by atoms with E-state index in [1.807, 2.05) is 6.92 Å². The van der Waals surface area contributed by atoms with Gasteiger partial charge in [0.2, 0.25) is 0 Å². The first-order chi connectivity index (χ1) is 6.33. The van der Waals surface area contributed by atoms with Crippen LogP contribution in [0.4, 0.5) is 0 Å². The Balaban J connectivity index is 1.98. The van der Waals surface area contributed by atoms with E-state index < -0.39 is 0 Å². The Morgan fingerprint density at radius 1 is 1.62 bits per heavy atom. The molecule has 1 aliphatic rings. The second-order valence-corrected chi connectivity index (χ2v) is 3.72. The van der Waals surface area contributed by atoms with Crippen molar-refractivity contribution < 1.29 is 9.84 Å². The van der Waals surface area contributed by atoms with Crippen LogP contribution in [-0.4, -0.2) is 37.0 Å². The third-order valence-electron chi connectivity index (χ3n) is 2.54. The second-order valence-electron chi connectivity index (χ2n) is 3.72. The predicted octanol–water partition coefficient (Wildman–Crippen LogP) is 0.916. The van der Waals surface area contributed by atoms with Crippen LogP contribution < -0.4 is 5.32 Å². The first kappa shape index (κ1) is 11.0. The number of hydrogen-bond donors (Lipinski definition) is 2. The van der Waals surface area contributed by atoms with Gasteiger partial charge in [-0.2, -0.15) is 0 Å². The van der Waals surface area contributed by atoms with Crippen LogP contribution in [0.3, 0.4) is 0 Å². The van der Waals surface area contributed by atoms with E-state index in [1.54, 1.807) is 0 Å². The van der Waals surface area contributed by atoms with Crippen molar-refractivity contribution >= 4 is 0 Å². The molecule has 0 radical (unpaired) electrons. The zero-order chi connectivity index (χ0) is 9.52. The molecule has 3 nitrogen and oxygen atoms in total. The Morgan fingerprint density at radius 3 is 3.08 bits per heavy atom. The van der Waals surface area contributed by atoms with Gasteiger partial charge in [-0.1, -0.05) is 6.92 Å². The maximum atomic E-state index is 9.32. The average Bonchev–Trinajstić information content (AvgIpc) is 2.19. The highest BCUT2D eigenvalue weighted by Crippen LogP contribution is 2.05. The van der Waals surface area contributed by atoms with Gasteiger partial charge in [-0.15, -0.1) is 0 Å². The van der Waals surface area contributed by atoms with Crippen LogP contribution in [0, 0.1) is 0 Å². The molecule has 3 heteroatoms. The first-order valence-electron chi connectivity index (χ1n) is 5.32. The highest BCUT2D eigenvalue weighted by molar-refractivity contribution is 4.70. The lowest BCUT2D eigenvalue weighted by Crippen LogP contribution is -2.38. The lowest BCUT2D eigenvalue weighted by Gasteiger charge is -2.23. The number of hydrogen-bond acceptors (Lipinski definition) is 3. The molecule has 1 heterocycles. The Hall–Kier alpha value is -0.120. The van der Waals surface area contributed by atoms with E-state index in [0.717, 1.165) is 39.0 Å². The van der Waals surface area contributed by atoms with E-state index in [-0.39, 0.29) is 6.10 Å². The van der Waals surface area contributed by atoms with Crippen LogP contribution in [0.1, 0.15) is 32.6 Å². The fraction of sp³-hybridized carbons (Fsp3) is 1.00. The molecule has 0 spiro atoms. The van der Waals surface area contributed by atoms with Crippen molar-refractivity contribution in [1.82, 2.24) is 5.32 Å². The van der Waals surface area contributed by atoms with Crippen molar-refractivity contribution in [3.8, 4) is 0 Å². The van der Waals surface area contributed by atoms with Crippen LogP contribution in [0.2, 0.25) is 0 Å². The summed E-state index contributed by atoms with van der Waals surface area (Å²) in [6.07, 6.45) is 3.93. The molecule has 0 aliphatic carbocycles. The molecule has 0 bridgehead atoms. The minimum atomic E-state index is -0.142. The molecule has 0 aromatic carbocycles. The normalized spacial score (nSPS) is 25.8. The summed E-state index contributed by atoms with van der Waals surface area (Å²) in [5.74, 6) is 0. The van der Waals surface area contributed by atoms with Gasteiger partial charge < -0.3 is 15.2 Å². The number of nitrogens with one attached hydrogen (secondary N) is 1. The van der Waals surface area contributed by atoms with Crippen LogP contribution in [0.5, 0.6) is 0 Å². The number of ether oxygens (including phenoxy) is 1. The molecule has 0 amide bonds. The quantitative estimate of drug-likeness (QED) is 0.672. The first-order valence-corrected chi connectivity index (χ1v) is 5.32. The molecule has 1 fully saturated rings. The van der Waals surface area contributed by atoms with E-state index in [2.05, 4.69) is 5.32 Å². The van der Waals surface area contributed by atoms with Crippen LogP contribution in [0.25, 0.3) is 0 Å². The maximum absolute atomic E-state index is 9.32. The van der Waals surface area contributed by atoms with Crippen LogP contribution in [0.15, 0.2) is 0 Å². The van der Waals surface area contributed by atoms with Gasteiger partial charge >= 0.3 is 0 Å². The Labute approximate surface area is 80.5 Å². The van der Waals surface area contributed by atoms with Crippen molar-refractivity contribution in [2.45, 2.75) is 44.8 Å². The van der Waals surface area contributed by atoms with Crippen LogP contribution in [-0.2, 0) is 4.74 Å². The molecule has 1 aliphatic heterocycles. The summed E-state index contributed by atoms with van der Waals surface area (Å²) in [6.45, 7) is 4.66. The van der Waals surface area contributed by atoms with Gasteiger partial charge in [0.15, 0.2) is 0 Å². The van der Waals surface area contributed by atoms with Gasteiger partial charge in [-0.25, -0.2) is 0 Å². The zero-order valence-electron chi connectivity index (χ0n) is 8.46. The van der Waals surface area contributed by atoms with Crippen molar-refractivity contribution in [3.05, 3.63) is 0 Å². The fourth-order valence-corrected chi connectivity index (χ4v) is 1.56. The lowest BCUT2D eigenvalue weighted by atomic mass is 10.1. The summed E-state index contributed by atoms with van der Waals surface area (Å²) in [7, 11) is 0. The van der Waals surface area contributed by atoms with Gasteiger partial charge in [0.25, 0.3) is 0 Å². The molecule has 0 aromatic rings. The number of aliphatic hydroxyl groups is 1. The largest absolute Gasteiger partial charge is 0.393 e. The average molecular weight is 187 g/mol. The van der Waals surface area contributed by atoms with Gasteiger partial charge in [0.05, 0.1) is 12.7 Å². The Bertz CT molecular complexity index is 124. The minimum Gasteiger partial charge on any atom is -0.393 e. The number of rotatable bonds is 5. The van der Waals surface area contributed by atoms with E-state index in [4.69, 9.17) is 4.74 Å². The standard InChI is InChI=1S/C10H21NO2/c1-2-10(12)5-6-11-9-4-3-7-13-8-9/h9-12H,2-8H2,1H3. The molecule has 1 rings (SSSR count). The fourth-order valence-electron chi connectivity index (χ4n) is 1.56. The second kappa shape index (κ2) is 6.35. The Morgan fingerprint density at radius 2 is 2.46 bits per heavy atom. The third-order valence-corrected chi connectivity index (χ3v) is 2.54. The van der Waals surface area contributed by atoms with Crippen molar-refractivity contribution in [2.75, 3.05) is 19.8 Å². The van der Waals surface area contributed by atoms with Crippen molar-refractivity contribution in [3.63, 3.8) is 0 Å². The molecule has 2 atom stereocenters. The Kier molecular flexibility index (Phi) is 5.35. The molecular weight excluding hydrogens is 166 g/mol. The summed E-state index contributed by atoms with van der Waals surface area (Å²) >= 11 is 0. The lowest BCUT2D eigenvalue weighted by molar-refractivity contribution is 0.0683. The zero-order valence-corrected chi connectivity index (χ0v) is 8.46. The SMILES string of the molecule is CCC(O)CCNC1CCCOC1. The highest BCUT2D eigenvalue weighted by Gasteiger charge is 2.12. The van der Waals surface area contributed by atoms with Gasteiger partial charge in [-0.3, -0.25) is 0 Å². The topological polar surface area (TPSA) is 41.5 Å². The van der Waals surface area contributed by atoms with Crippen molar-refractivity contribution in [1.29, 1.82) is 0 Å². The molecule has 1 saturated heterocycles. The summed E-state index contributed by atoms with van der Waals surface area (Å²) in [5.41, 5.74) is 0. The summed E-state index contributed by atoms with van der Waals surface area (Å²) in [4.78, 5) is 0. The third kappa shape index (κ3) is 4.60. The number of aliphatic hydroxyl groups excluding tert-OH is 1. The van der Waals surface area contributed by atoms with E-state index >= 15 is 0 Å². The molecule has 13 heavy (non-hydrogen) atoms. The molecule has 0 saturated carbocycles. The molecular formula is C10H21NO2. The van der Waals surface area contributed by atoms with Crippen molar-refractivity contribution in [2.24, 2.45) is 0 Å². The minimum absolute atomic E-state index is 0.142. The van der Waals surface area contributed by atoms with Gasteiger partial charge in [0, 0.05) is 12.6 Å². The summed E-state index contributed by atoms with van der Waals surface area (Å²) in [6, 6.07) is 0.512. The monoisotopic (exact) mass is 187 g/mol. The summed E-state index contributed by atoms with van der Waals surface area (Å²) in [5, 5.41) is 12.7. The molecule has 78 valence electrons. The smallest absolute Gasteiger partial charge is 0.0619 e. The van der Waals surface area contributed by atoms with Crippen LogP contribution >= 0.6 is 0 Å². The maximum Gasteiger partial charge on any atom is 0.0619 e. The van der Waals surface area contributed by atoms with Gasteiger partial charge in [-0.05, 0) is 32.2 Å². The van der Waals surface area contributed by atoms with E-state index in [9.17, 15) is 5.11 Å². The molecule has 2 N–H and O–H groups in total.